The highest BCUT2D eigenvalue weighted by atomic mass is 16.7. The SMILES string of the molecule is COc1cc2c(cc1NCCn1cc[n+](C)c1)OC(C(O)O)O2. The fraction of sp³-hybridized carbons (Fsp3) is 0.400. The van der Waals surface area contributed by atoms with Crippen LogP contribution in [0.15, 0.2) is 30.9 Å². The van der Waals surface area contributed by atoms with E-state index in [-0.39, 0.29) is 0 Å². The van der Waals surface area contributed by atoms with Gasteiger partial charge in [0.1, 0.15) is 24.7 Å². The lowest BCUT2D eigenvalue weighted by Gasteiger charge is -2.11. The number of nitrogens with zero attached hydrogens (tertiary/aromatic N) is 2. The fourth-order valence-corrected chi connectivity index (χ4v) is 2.38. The molecule has 0 amide bonds. The third-order valence-electron chi connectivity index (χ3n) is 3.50. The highest BCUT2D eigenvalue weighted by molar-refractivity contribution is 5.65. The second-order valence-electron chi connectivity index (χ2n) is 5.26. The Hall–Kier alpha value is -2.45. The van der Waals surface area contributed by atoms with E-state index in [4.69, 9.17) is 24.4 Å². The summed E-state index contributed by atoms with van der Waals surface area (Å²) in [4.78, 5) is 0. The Kier molecular flexibility index (Phi) is 4.26. The summed E-state index contributed by atoms with van der Waals surface area (Å²) in [5.41, 5.74) is 0.750. The summed E-state index contributed by atoms with van der Waals surface area (Å²) in [5.74, 6) is 1.46. The standard InChI is InChI=1S/C15H20N3O5/c1-17-5-6-18(9-17)4-3-16-10-7-12-13(8-11(10)21-2)23-15(22-12)14(19)20/h5-9,14-16,19-20H,3-4H2,1-2H3/q+1. The van der Waals surface area contributed by atoms with E-state index in [9.17, 15) is 0 Å². The normalized spacial score (nSPS) is 16.0. The summed E-state index contributed by atoms with van der Waals surface area (Å²) >= 11 is 0. The van der Waals surface area contributed by atoms with Crippen molar-refractivity contribution >= 4 is 5.69 Å². The van der Waals surface area contributed by atoms with Gasteiger partial charge < -0.3 is 29.7 Å². The van der Waals surface area contributed by atoms with Crippen molar-refractivity contribution < 1.29 is 29.0 Å². The zero-order valence-corrected chi connectivity index (χ0v) is 13.0. The number of rotatable bonds is 6. The van der Waals surface area contributed by atoms with E-state index in [1.165, 1.54) is 0 Å². The van der Waals surface area contributed by atoms with Crippen molar-refractivity contribution in [3.8, 4) is 17.2 Å². The first-order chi connectivity index (χ1) is 11.1. The second-order valence-corrected chi connectivity index (χ2v) is 5.26. The first kappa shape index (κ1) is 15.4. The van der Waals surface area contributed by atoms with E-state index >= 15 is 0 Å². The van der Waals surface area contributed by atoms with Crippen molar-refractivity contribution in [2.75, 3.05) is 19.0 Å². The van der Waals surface area contributed by atoms with E-state index < -0.39 is 12.6 Å². The summed E-state index contributed by atoms with van der Waals surface area (Å²) in [6, 6.07) is 3.39. The first-order valence-electron chi connectivity index (χ1n) is 7.23. The molecule has 0 saturated heterocycles. The molecular weight excluding hydrogens is 302 g/mol. The summed E-state index contributed by atoms with van der Waals surface area (Å²) in [6.07, 6.45) is 3.13. The number of hydrogen-bond donors (Lipinski definition) is 3. The molecule has 1 aliphatic heterocycles. The third-order valence-corrected chi connectivity index (χ3v) is 3.50. The molecule has 0 aliphatic carbocycles. The van der Waals surface area contributed by atoms with Crippen LogP contribution in [0, 0.1) is 0 Å². The Labute approximate surface area is 133 Å². The Morgan fingerprint density at radius 1 is 1.35 bits per heavy atom. The molecule has 0 spiro atoms. The number of methoxy groups -OCH3 is 1. The van der Waals surface area contributed by atoms with Gasteiger partial charge in [-0.3, -0.25) is 0 Å². The number of aliphatic hydroxyl groups excluding tert-OH is 1. The van der Waals surface area contributed by atoms with Crippen LogP contribution in [0.3, 0.4) is 0 Å². The van der Waals surface area contributed by atoms with Crippen LogP contribution in [-0.4, -0.2) is 41.0 Å². The molecule has 23 heavy (non-hydrogen) atoms. The number of anilines is 1. The predicted molar refractivity (Wildman–Crippen MR) is 80.4 cm³/mol. The van der Waals surface area contributed by atoms with Crippen molar-refractivity contribution in [1.82, 2.24) is 4.57 Å². The topological polar surface area (TPSA) is 89.0 Å². The first-order valence-corrected chi connectivity index (χ1v) is 7.23. The predicted octanol–water partition coefficient (Wildman–Crippen LogP) is -0.159. The molecule has 1 aliphatic rings. The molecule has 1 aromatic heterocycles. The summed E-state index contributed by atoms with van der Waals surface area (Å²) in [5, 5.41) is 21.6. The summed E-state index contributed by atoms with van der Waals surface area (Å²) in [7, 11) is 3.53. The molecule has 8 heteroatoms. The van der Waals surface area contributed by atoms with E-state index in [2.05, 4.69) is 9.88 Å². The molecule has 1 aromatic carbocycles. The van der Waals surface area contributed by atoms with E-state index in [0.717, 1.165) is 12.2 Å². The minimum Gasteiger partial charge on any atom is -0.494 e. The fourth-order valence-electron chi connectivity index (χ4n) is 2.38. The highest BCUT2D eigenvalue weighted by Crippen LogP contribution is 2.42. The van der Waals surface area contributed by atoms with Gasteiger partial charge in [-0.15, -0.1) is 0 Å². The molecule has 1 unspecified atom stereocenters. The molecule has 0 fully saturated rings. The van der Waals surface area contributed by atoms with Crippen LogP contribution < -0.4 is 24.1 Å². The van der Waals surface area contributed by atoms with Crippen LogP contribution in [0.5, 0.6) is 17.2 Å². The van der Waals surface area contributed by atoms with Crippen LogP contribution in [0.4, 0.5) is 5.69 Å². The van der Waals surface area contributed by atoms with Crippen LogP contribution >= 0.6 is 0 Å². The van der Waals surface area contributed by atoms with Gasteiger partial charge in [0.2, 0.25) is 12.6 Å². The lowest BCUT2D eigenvalue weighted by Crippen LogP contribution is -2.32. The number of nitrogens with one attached hydrogen (secondary N) is 1. The number of aromatic nitrogens is 2. The monoisotopic (exact) mass is 322 g/mol. The average molecular weight is 322 g/mol. The zero-order valence-electron chi connectivity index (χ0n) is 13.0. The molecule has 0 bridgehead atoms. The van der Waals surface area contributed by atoms with Crippen LogP contribution in [0.2, 0.25) is 0 Å². The molecule has 0 saturated carbocycles. The van der Waals surface area contributed by atoms with Crippen LogP contribution in [0.25, 0.3) is 0 Å². The molecule has 124 valence electrons. The van der Waals surface area contributed by atoms with Crippen LogP contribution in [-0.2, 0) is 13.6 Å². The lowest BCUT2D eigenvalue weighted by molar-refractivity contribution is -0.671. The lowest BCUT2D eigenvalue weighted by atomic mass is 10.2. The van der Waals surface area contributed by atoms with Crippen molar-refractivity contribution in [3.63, 3.8) is 0 Å². The van der Waals surface area contributed by atoms with E-state index in [0.29, 0.717) is 23.8 Å². The molecule has 1 atom stereocenters. The number of benzene rings is 1. The van der Waals surface area contributed by atoms with Crippen molar-refractivity contribution in [3.05, 3.63) is 30.9 Å². The minimum absolute atomic E-state index is 0.419. The molecule has 2 aromatic rings. The van der Waals surface area contributed by atoms with Gasteiger partial charge in [0.25, 0.3) is 6.29 Å². The number of ether oxygens (including phenoxy) is 3. The maximum Gasteiger partial charge on any atom is 0.292 e. The van der Waals surface area contributed by atoms with Gasteiger partial charge >= 0.3 is 0 Å². The van der Waals surface area contributed by atoms with Gasteiger partial charge in [0, 0.05) is 12.1 Å². The van der Waals surface area contributed by atoms with Gasteiger partial charge in [0.05, 0.1) is 26.4 Å². The Morgan fingerprint density at radius 2 is 2.09 bits per heavy atom. The Balaban J connectivity index is 1.68. The summed E-state index contributed by atoms with van der Waals surface area (Å²) in [6.45, 7) is 1.48. The second kappa shape index (κ2) is 6.35. The maximum atomic E-state index is 9.14. The summed E-state index contributed by atoms with van der Waals surface area (Å²) < 4.78 is 20.0. The van der Waals surface area contributed by atoms with E-state index in [1.807, 2.05) is 30.3 Å². The zero-order chi connectivity index (χ0) is 16.4. The number of imidazole rings is 1. The highest BCUT2D eigenvalue weighted by Gasteiger charge is 2.31. The van der Waals surface area contributed by atoms with Crippen molar-refractivity contribution in [2.45, 2.75) is 19.1 Å². The quantitative estimate of drug-likeness (QED) is 0.506. The van der Waals surface area contributed by atoms with Gasteiger partial charge in [-0.1, -0.05) is 0 Å². The molecule has 8 nitrogen and oxygen atoms in total. The number of hydrogen-bond acceptors (Lipinski definition) is 6. The molecule has 2 heterocycles. The van der Waals surface area contributed by atoms with Gasteiger partial charge in [-0.2, -0.15) is 0 Å². The van der Waals surface area contributed by atoms with Crippen molar-refractivity contribution in [2.24, 2.45) is 7.05 Å². The molecule has 3 rings (SSSR count). The van der Waals surface area contributed by atoms with Gasteiger partial charge in [-0.05, 0) is 0 Å². The Morgan fingerprint density at radius 3 is 2.70 bits per heavy atom. The minimum atomic E-state index is -1.71. The largest absolute Gasteiger partial charge is 0.494 e. The molecular formula is C15H20N3O5+. The van der Waals surface area contributed by atoms with Gasteiger partial charge in [0.15, 0.2) is 11.5 Å². The van der Waals surface area contributed by atoms with Crippen molar-refractivity contribution in [1.29, 1.82) is 0 Å². The van der Waals surface area contributed by atoms with Crippen LogP contribution in [0.1, 0.15) is 0 Å². The number of aliphatic hydroxyl groups is 2. The number of fused-ring (bicyclic) bond motifs is 1. The Bertz CT molecular complexity index is 686. The smallest absolute Gasteiger partial charge is 0.292 e. The van der Waals surface area contributed by atoms with Gasteiger partial charge in [-0.25, -0.2) is 9.13 Å². The molecule has 0 radical (unpaired) electrons. The number of aryl methyl sites for hydroxylation is 1. The van der Waals surface area contributed by atoms with E-state index in [1.54, 1.807) is 19.2 Å². The average Bonchev–Trinajstić information content (AvgIpc) is 3.12. The molecule has 3 N–H and O–H groups in total. The maximum absolute atomic E-state index is 9.14. The third kappa shape index (κ3) is 3.33.